The Bertz CT molecular complexity index is 1010. The number of rotatable bonds is 7. The van der Waals surface area contributed by atoms with Gasteiger partial charge in [0, 0.05) is 50.3 Å². The number of carbonyl (C=O) groups excluding carboxylic acids is 1. The van der Waals surface area contributed by atoms with Crippen LogP contribution in [0.25, 0.3) is 0 Å². The fraction of sp³-hybridized carbons (Fsp3) is 0.667. The van der Waals surface area contributed by atoms with E-state index in [1.807, 2.05) is 0 Å². The minimum Gasteiger partial charge on any atom is -0.356 e. The van der Waals surface area contributed by atoms with Gasteiger partial charge in [0.2, 0.25) is 12.3 Å². The lowest BCUT2D eigenvalue weighted by Crippen LogP contribution is -2.37. The van der Waals surface area contributed by atoms with E-state index in [4.69, 9.17) is 4.98 Å². The van der Waals surface area contributed by atoms with E-state index in [0.717, 1.165) is 43.9 Å². The van der Waals surface area contributed by atoms with Crippen molar-refractivity contribution in [3.63, 3.8) is 0 Å². The van der Waals surface area contributed by atoms with Crippen LogP contribution in [0.15, 0.2) is 12.5 Å². The minimum atomic E-state index is -2.64. The maximum absolute atomic E-state index is 13.8. The normalized spacial score (nSPS) is 21.8. The second-order valence-electron chi connectivity index (χ2n) is 9.60. The number of aryl methyl sites for hydroxylation is 1. The van der Waals surface area contributed by atoms with Crippen molar-refractivity contribution in [2.45, 2.75) is 70.3 Å². The molecular formula is C24H33F2N7O. The highest BCUT2D eigenvalue weighted by Gasteiger charge is 2.37. The van der Waals surface area contributed by atoms with Crippen LogP contribution in [-0.2, 0) is 17.8 Å². The zero-order valence-corrected chi connectivity index (χ0v) is 19.7. The van der Waals surface area contributed by atoms with Crippen molar-refractivity contribution in [1.29, 1.82) is 0 Å². The molecular weight excluding hydrogens is 440 g/mol. The molecule has 34 heavy (non-hydrogen) atoms. The lowest BCUT2D eigenvalue weighted by atomic mass is 9.91. The van der Waals surface area contributed by atoms with Gasteiger partial charge >= 0.3 is 0 Å². The summed E-state index contributed by atoms with van der Waals surface area (Å²) < 4.78 is 29.9. The zero-order chi connectivity index (χ0) is 23.7. The summed E-state index contributed by atoms with van der Waals surface area (Å²) in [5, 5.41) is 2.65. The molecule has 0 spiro atoms. The van der Waals surface area contributed by atoms with Crippen molar-refractivity contribution in [2.75, 3.05) is 42.9 Å². The van der Waals surface area contributed by atoms with E-state index >= 15 is 0 Å². The lowest BCUT2D eigenvalue weighted by molar-refractivity contribution is -0.117. The van der Waals surface area contributed by atoms with Gasteiger partial charge in [0.25, 0.3) is 0 Å². The Hall–Kier alpha value is -2.62. The van der Waals surface area contributed by atoms with Gasteiger partial charge in [0.05, 0.1) is 11.6 Å². The molecule has 184 valence electrons. The Kier molecular flexibility index (Phi) is 6.76. The number of alkyl halides is 2. The Labute approximate surface area is 198 Å². The fourth-order valence-corrected chi connectivity index (χ4v) is 5.55. The highest BCUT2D eigenvalue weighted by molar-refractivity contribution is 5.94. The summed E-state index contributed by atoms with van der Waals surface area (Å²) >= 11 is 0. The van der Waals surface area contributed by atoms with E-state index in [2.05, 4.69) is 42.8 Å². The van der Waals surface area contributed by atoms with Gasteiger partial charge in [-0.05, 0) is 45.2 Å². The zero-order valence-electron chi connectivity index (χ0n) is 19.7. The van der Waals surface area contributed by atoms with Crippen LogP contribution in [0.2, 0.25) is 0 Å². The molecule has 2 fully saturated rings. The van der Waals surface area contributed by atoms with Crippen LogP contribution < -0.4 is 10.2 Å². The van der Waals surface area contributed by atoms with Crippen molar-refractivity contribution in [3.8, 4) is 0 Å². The summed E-state index contributed by atoms with van der Waals surface area (Å²) in [6.07, 6.45) is 5.94. The largest absolute Gasteiger partial charge is 0.356 e. The Morgan fingerprint density at radius 3 is 2.59 bits per heavy atom. The Morgan fingerprint density at radius 2 is 1.88 bits per heavy atom. The number of amides is 1. The van der Waals surface area contributed by atoms with Crippen LogP contribution >= 0.6 is 0 Å². The lowest BCUT2D eigenvalue weighted by Gasteiger charge is -2.36. The third-order valence-corrected chi connectivity index (χ3v) is 7.44. The number of halogens is 2. The number of imidazole rings is 1. The summed E-state index contributed by atoms with van der Waals surface area (Å²) in [4.78, 5) is 29.9. The predicted octanol–water partition coefficient (Wildman–Crippen LogP) is 3.41. The number of aromatic nitrogens is 4. The number of hydrogen-bond acceptors (Lipinski definition) is 6. The molecule has 10 heteroatoms. The van der Waals surface area contributed by atoms with Crippen LogP contribution in [0, 0.1) is 0 Å². The van der Waals surface area contributed by atoms with Gasteiger partial charge in [-0.2, -0.15) is 0 Å². The van der Waals surface area contributed by atoms with Crippen LogP contribution in [0.4, 0.5) is 20.4 Å². The topological polar surface area (TPSA) is 79.2 Å². The van der Waals surface area contributed by atoms with Crippen molar-refractivity contribution in [3.05, 3.63) is 29.6 Å². The first-order valence-electron chi connectivity index (χ1n) is 12.5. The van der Waals surface area contributed by atoms with Gasteiger partial charge in [0.1, 0.15) is 23.8 Å². The number of likely N-dealkylation sites (tertiary alicyclic amines) is 1. The van der Waals surface area contributed by atoms with Crippen LogP contribution in [0.1, 0.15) is 67.9 Å². The number of carbonyl (C=O) groups is 1. The van der Waals surface area contributed by atoms with Crippen molar-refractivity contribution >= 4 is 17.5 Å². The third-order valence-electron chi connectivity index (χ3n) is 7.44. The number of anilines is 2. The highest BCUT2D eigenvalue weighted by atomic mass is 19.3. The molecule has 2 aromatic rings. The molecule has 1 amide bonds. The average molecular weight is 474 g/mol. The number of piperidine rings is 1. The molecule has 0 radical (unpaired) electrons. The van der Waals surface area contributed by atoms with Crippen molar-refractivity contribution in [2.24, 2.45) is 0 Å². The van der Waals surface area contributed by atoms with Crippen molar-refractivity contribution < 1.29 is 13.6 Å². The molecule has 2 saturated heterocycles. The van der Waals surface area contributed by atoms with E-state index in [9.17, 15) is 13.6 Å². The van der Waals surface area contributed by atoms with Crippen LogP contribution in [0.3, 0.4) is 0 Å². The average Bonchev–Trinajstić information content (AvgIpc) is 3.51. The monoisotopic (exact) mass is 473 g/mol. The molecule has 5 rings (SSSR count). The summed E-state index contributed by atoms with van der Waals surface area (Å²) in [6.45, 7) is 7.93. The molecule has 5 heterocycles. The van der Waals surface area contributed by atoms with Gasteiger partial charge in [-0.25, -0.2) is 23.7 Å². The van der Waals surface area contributed by atoms with Crippen molar-refractivity contribution in [1.82, 2.24) is 24.4 Å². The van der Waals surface area contributed by atoms with Gasteiger partial charge in [-0.3, -0.25) is 4.79 Å². The molecule has 8 nitrogen and oxygen atoms in total. The second kappa shape index (κ2) is 9.93. The molecule has 0 aliphatic carbocycles. The second-order valence-corrected chi connectivity index (χ2v) is 9.60. The molecule has 1 atom stereocenters. The smallest absolute Gasteiger partial charge is 0.246 e. The number of nitrogens with zero attached hydrogens (tertiary/aromatic N) is 6. The molecule has 1 N–H and O–H groups in total. The molecule has 0 saturated carbocycles. The van der Waals surface area contributed by atoms with Gasteiger partial charge in [-0.15, -0.1) is 0 Å². The minimum absolute atomic E-state index is 0.221. The first-order chi connectivity index (χ1) is 16.5. The molecule has 0 aromatic carbocycles. The Balaban J connectivity index is 1.31. The maximum Gasteiger partial charge on any atom is 0.246 e. The molecule has 0 bridgehead atoms. The maximum atomic E-state index is 13.8. The summed E-state index contributed by atoms with van der Waals surface area (Å²) in [5.41, 5.74) is 1.50. The quantitative estimate of drug-likeness (QED) is 0.664. The Morgan fingerprint density at radius 1 is 1.12 bits per heavy atom. The number of hydrogen-bond donors (Lipinski definition) is 1. The van der Waals surface area contributed by atoms with E-state index < -0.39 is 18.3 Å². The predicted molar refractivity (Wildman–Crippen MR) is 125 cm³/mol. The summed E-state index contributed by atoms with van der Waals surface area (Å²) in [5.74, 6) is 0.638. The first kappa shape index (κ1) is 23.1. The molecule has 0 unspecified atom stereocenters. The van der Waals surface area contributed by atoms with Gasteiger partial charge in [0.15, 0.2) is 0 Å². The summed E-state index contributed by atoms with van der Waals surface area (Å²) in [6, 6.07) is 0. The van der Waals surface area contributed by atoms with Crippen LogP contribution in [-0.4, -0.2) is 69.5 Å². The van der Waals surface area contributed by atoms with E-state index in [-0.39, 0.29) is 12.2 Å². The third kappa shape index (κ3) is 4.64. The standard InChI is InChI=1S/C24H33F2N7O/c1-2-17-14-33(12-11-31-7-3-4-8-31)23(29-17)16-5-9-32(10-6-16)24-20-18(21(25)26)13-19(34)30-22(20)27-15-28-24/h14-16,18,21H,2-13H2,1H3,(H,27,28,30,34)/t18-/m1/s1. The van der Waals surface area contributed by atoms with Gasteiger partial charge in [-0.1, -0.05) is 6.92 Å². The van der Waals surface area contributed by atoms with E-state index in [0.29, 0.717) is 30.4 Å². The molecule has 3 aliphatic rings. The highest BCUT2D eigenvalue weighted by Crippen LogP contribution is 2.41. The number of nitrogens with one attached hydrogen (secondary N) is 1. The van der Waals surface area contributed by atoms with E-state index in [1.165, 1.54) is 32.3 Å². The molecule has 3 aliphatic heterocycles. The van der Waals surface area contributed by atoms with Gasteiger partial charge < -0.3 is 19.7 Å². The SMILES string of the molecule is CCc1cn(CCN2CCCC2)c(C2CCN(c3ncnc4c3[C@H](C(F)F)CC(=O)N4)CC2)n1. The van der Waals surface area contributed by atoms with E-state index in [1.54, 1.807) is 0 Å². The number of fused-ring (bicyclic) bond motifs is 1. The molecule has 2 aromatic heterocycles. The fourth-order valence-electron chi connectivity index (χ4n) is 5.55. The summed E-state index contributed by atoms with van der Waals surface area (Å²) in [7, 11) is 0. The van der Waals surface area contributed by atoms with Crippen LogP contribution in [0.5, 0.6) is 0 Å². The first-order valence-corrected chi connectivity index (χ1v) is 12.5.